The first kappa shape index (κ1) is 9.73. The maximum atomic E-state index is 10.7. The molecule has 15 heavy (non-hydrogen) atoms. The van der Waals surface area contributed by atoms with Crippen molar-refractivity contribution in [2.24, 2.45) is 0 Å². The van der Waals surface area contributed by atoms with Gasteiger partial charge in [-0.1, -0.05) is 35.9 Å². The Morgan fingerprint density at radius 3 is 2.47 bits per heavy atom. The number of benzene rings is 2. The summed E-state index contributed by atoms with van der Waals surface area (Å²) in [6.07, 6.45) is 0. The van der Waals surface area contributed by atoms with Gasteiger partial charge in [-0.3, -0.25) is 10.1 Å². The highest BCUT2D eigenvalue weighted by molar-refractivity contribution is 6.36. The third-order valence-electron chi connectivity index (χ3n) is 2.21. The van der Waals surface area contributed by atoms with Gasteiger partial charge in [-0.05, 0) is 0 Å². The summed E-state index contributed by atoms with van der Waals surface area (Å²) in [5.41, 5.74) is 5.69. The first-order chi connectivity index (χ1) is 7.11. The molecule has 0 aromatic heterocycles. The molecular formula is C10H7ClN2O2. The van der Waals surface area contributed by atoms with Crippen LogP contribution in [0.2, 0.25) is 5.02 Å². The van der Waals surface area contributed by atoms with Crippen molar-refractivity contribution in [3.8, 4) is 0 Å². The molecule has 0 unspecified atom stereocenters. The van der Waals surface area contributed by atoms with Crippen LogP contribution in [0.25, 0.3) is 10.8 Å². The van der Waals surface area contributed by atoms with Crippen LogP contribution in [-0.2, 0) is 0 Å². The summed E-state index contributed by atoms with van der Waals surface area (Å²) >= 11 is 5.92. The Kier molecular flexibility index (Phi) is 2.21. The van der Waals surface area contributed by atoms with Crippen molar-refractivity contribution in [2.75, 3.05) is 5.73 Å². The van der Waals surface area contributed by atoms with E-state index in [4.69, 9.17) is 17.3 Å². The second-order valence-electron chi connectivity index (χ2n) is 3.09. The second kappa shape index (κ2) is 3.40. The van der Waals surface area contributed by atoms with Crippen molar-refractivity contribution in [2.45, 2.75) is 0 Å². The zero-order valence-corrected chi connectivity index (χ0v) is 8.36. The van der Waals surface area contributed by atoms with Gasteiger partial charge in [-0.2, -0.15) is 0 Å². The number of rotatable bonds is 1. The van der Waals surface area contributed by atoms with Gasteiger partial charge in [0.1, 0.15) is 5.69 Å². The van der Waals surface area contributed by atoms with Gasteiger partial charge < -0.3 is 5.73 Å². The van der Waals surface area contributed by atoms with Crippen LogP contribution >= 0.6 is 11.6 Å². The lowest BCUT2D eigenvalue weighted by atomic mass is 10.1. The molecule has 0 spiro atoms. The van der Waals surface area contributed by atoms with Crippen molar-refractivity contribution in [1.29, 1.82) is 0 Å². The van der Waals surface area contributed by atoms with E-state index in [1.807, 2.05) is 0 Å². The van der Waals surface area contributed by atoms with Crippen molar-refractivity contribution in [3.05, 3.63) is 45.5 Å². The number of nitro benzene ring substituents is 1. The van der Waals surface area contributed by atoms with Crippen LogP contribution in [0.3, 0.4) is 0 Å². The topological polar surface area (TPSA) is 69.2 Å². The molecule has 0 aliphatic rings. The third-order valence-corrected chi connectivity index (χ3v) is 2.52. The Hall–Kier alpha value is -1.81. The molecule has 0 saturated heterocycles. The van der Waals surface area contributed by atoms with E-state index in [1.54, 1.807) is 24.3 Å². The van der Waals surface area contributed by atoms with Crippen LogP contribution in [-0.4, -0.2) is 4.92 Å². The molecule has 2 aromatic carbocycles. The molecule has 0 saturated carbocycles. The summed E-state index contributed by atoms with van der Waals surface area (Å²) in [6, 6.07) is 8.33. The molecule has 0 bridgehead atoms. The number of nitrogens with two attached hydrogens (primary N) is 1. The van der Waals surface area contributed by atoms with Gasteiger partial charge >= 0.3 is 0 Å². The second-order valence-corrected chi connectivity index (χ2v) is 3.50. The molecule has 4 nitrogen and oxygen atoms in total. The predicted octanol–water partition coefficient (Wildman–Crippen LogP) is 2.98. The third kappa shape index (κ3) is 1.49. The number of nitrogens with zero attached hydrogens (tertiary/aromatic N) is 1. The van der Waals surface area contributed by atoms with E-state index >= 15 is 0 Å². The lowest BCUT2D eigenvalue weighted by Crippen LogP contribution is -1.96. The zero-order chi connectivity index (χ0) is 11.0. The van der Waals surface area contributed by atoms with Crippen LogP contribution in [0.4, 0.5) is 11.4 Å². The molecule has 5 heteroatoms. The number of nitro groups is 1. The van der Waals surface area contributed by atoms with Crippen molar-refractivity contribution < 1.29 is 4.92 Å². The molecular weight excluding hydrogens is 216 g/mol. The summed E-state index contributed by atoms with van der Waals surface area (Å²) in [5, 5.41) is 12.4. The van der Waals surface area contributed by atoms with E-state index in [-0.39, 0.29) is 11.4 Å². The van der Waals surface area contributed by atoms with Gasteiger partial charge in [0.05, 0.1) is 9.95 Å². The Balaban J connectivity index is 2.90. The van der Waals surface area contributed by atoms with Crippen molar-refractivity contribution >= 4 is 33.7 Å². The fourth-order valence-electron chi connectivity index (χ4n) is 1.49. The summed E-state index contributed by atoms with van der Waals surface area (Å²) in [6.45, 7) is 0. The minimum absolute atomic E-state index is 0.153. The Bertz CT molecular complexity index is 554. The molecule has 0 amide bonds. The van der Waals surface area contributed by atoms with E-state index in [2.05, 4.69) is 0 Å². The van der Waals surface area contributed by atoms with Crippen molar-refractivity contribution in [1.82, 2.24) is 0 Å². The number of hydrogen-bond acceptors (Lipinski definition) is 3. The molecule has 0 heterocycles. The lowest BCUT2D eigenvalue weighted by molar-refractivity contribution is -0.383. The number of anilines is 1. The largest absolute Gasteiger partial charge is 0.393 e. The first-order valence-corrected chi connectivity index (χ1v) is 4.60. The van der Waals surface area contributed by atoms with Crippen LogP contribution in [0.5, 0.6) is 0 Å². The van der Waals surface area contributed by atoms with Crippen molar-refractivity contribution in [3.63, 3.8) is 0 Å². The fraction of sp³-hybridized carbons (Fsp3) is 0. The average molecular weight is 223 g/mol. The number of halogens is 1. The lowest BCUT2D eigenvalue weighted by Gasteiger charge is -2.04. The number of fused-ring (bicyclic) bond motifs is 1. The van der Waals surface area contributed by atoms with Gasteiger partial charge in [0.25, 0.3) is 5.69 Å². The summed E-state index contributed by atoms with van der Waals surface area (Å²) in [5.74, 6) is 0. The minimum atomic E-state index is -0.534. The van der Waals surface area contributed by atoms with Gasteiger partial charge in [-0.15, -0.1) is 0 Å². The van der Waals surface area contributed by atoms with Gasteiger partial charge in [-0.25, -0.2) is 0 Å². The van der Waals surface area contributed by atoms with Gasteiger partial charge in [0.2, 0.25) is 0 Å². The highest BCUT2D eigenvalue weighted by Crippen LogP contribution is 2.35. The van der Waals surface area contributed by atoms with Crippen LogP contribution < -0.4 is 5.73 Å². The van der Waals surface area contributed by atoms with Gasteiger partial charge in [0.15, 0.2) is 0 Å². The minimum Gasteiger partial charge on any atom is -0.393 e. The maximum Gasteiger partial charge on any atom is 0.294 e. The highest BCUT2D eigenvalue weighted by Gasteiger charge is 2.16. The smallest absolute Gasteiger partial charge is 0.294 e. The molecule has 2 N–H and O–H groups in total. The van der Waals surface area contributed by atoms with E-state index in [9.17, 15) is 10.1 Å². The normalized spacial score (nSPS) is 10.5. The number of nitrogen functional groups attached to an aromatic ring is 1. The Labute approximate surface area is 90.4 Å². The molecule has 0 atom stereocenters. The molecule has 0 aliphatic heterocycles. The molecule has 2 aromatic rings. The van der Waals surface area contributed by atoms with Crippen LogP contribution in [0, 0.1) is 10.1 Å². The summed E-state index contributed by atoms with van der Waals surface area (Å²) in [4.78, 5) is 10.2. The standard InChI is InChI=1S/C10H7ClN2O2/c11-8-5-9(13(14)15)10(12)7-4-2-1-3-6(7)8/h1-5H,12H2. The summed E-state index contributed by atoms with van der Waals surface area (Å²) in [7, 11) is 0. The van der Waals surface area contributed by atoms with E-state index < -0.39 is 4.92 Å². The Morgan fingerprint density at radius 2 is 1.87 bits per heavy atom. The molecule has 2 rings (SSSR count). The molecule has 0 fully saturated rings. The first-order valence-electron chi connectivity index (χ1n) is 4.22. The quantitative estimate of drug-likeness (QED) is 0.458. The summed E-state index contributed by atoms with van der Waals surface area (Å²) < 4.78 is 0. The maximum absolute atomic E-state index is 10.7. The highest BCUT2D eigenvalue weighted by atomic mass is 35.5. The average Bonchev–Trinajstić information content (AvgIpc) is 2.23. The molecule has 76 valence electrons. The van der Waals surface area contributed by atoms with Gasteiger partial charge in [0, 0.05) is 16.8 Å². The van der Waals surface area contributed by atoms with E-state index in [1.165, 1.54) is 6.07 Å². The SMILES string of the molecule is Nc1c([N+](=O)[O-])cc(Cl)c2ccccc12. The monoisotopic (exact) mass is 222 g/mol. The molecule has 0 aliphatic carbocycles. The zero-order valence-electron chi connectivity index (χ0n) is 7.61. The molecule has 0 radical (unpaired) electrons. The fourth-order valence-corrected chi connectivity index (χ4v) is 1.76. The predicted molar refractivity (Wildman–Crippen MR) is 60.0 cm³/mol. The van der Waals surface area contributed by atoms with E-state index in [0.29, 0.717) is 10.4 Å². The van der Waals surface area contributed by atoms with E-state index in [0.717, 1.165) is 5.39 Å². The van der Waals surface area contributed by atoms with Crippen LogP contribution in [0.1, 0.15) is 0 Å². The Morgan fingerprint density at radius 1 is 1.27 bits per heavy atom. The number of hydrogen-bond donors (Lipinski definition) is 1. The van der Waals surface area contributed by atoms with Crippen LogP contribution in [0.15, 0.2) is 30.3 Å².